The highest BCUT2D eigenvalue weighted by Gasteiger charge is 2.25. The second kappa shape index (κ2) is 9.72. The van der Waals surface area contributed by atoms with E-state index < -0.39 is 11.7 Å². The summed E-state index contributed by atoms with van der Waals surface area (Å²) in [7, 11) is 0. The Morgan fingerprint density at radius 1 is 1.03 bits per heavy atom. The normalized spacial score (nSPS) is 15.1. The lowest BCUT2D eigenvalue weighted by atomic mass is 10.1. The van der Waals surface area contributed by atoms with Gasteiger partial charge in [0, 0.05) is 36.2 Å². The number of nitrogens with zero attached hydrogens (tertiary/aromatic N) is 2. The van der Waals surface area contributed by atoms with Crippen LogP contribution >= 0.6 is 0 Å². The standard InChI is InChI=1S/C23H31N3O3/c1-3-25(4-2)21(27)16-26-15-19(18-13-9-10-14-20(18)26)22(28)23(29)24-17-11-7-5-6-8-12-17/h9-10,13-15,17H,3-8,11-12,16H2,1-2H3,(H,24,29). The fourth-order valence-corrected chi connectivity index (χ4v) is 4.18. The van der Waals surface area contributed by atoms with E-state index in [-0.39, 0.29) is 18.5 Å². The highest BCUT2D eigenvalue weighted by atomic mass is 16.2. The summed E-state index contributed by atoms with van der Waals surface area (Å²) in [5.41, 5.74) is 1.15. The molecule has 1 aromatic heterocycles. The maximum Gasteiger partial charge on any atom is 0.292 e. The van der Waals surface area contributed by atoms with Gasteiger partial charge in [0.05, 0.1) is 5.56 Å². The van der Waals surface area contributed by atoms with Gasteiger partial charge >= 0.3 is 0 Å². The molecular formula is C23H31N3O3. The van der Waals surface area contributed by atoms with E-state index in [1.807, 2.05) is 38.1 Å². The van der Waals surface area contributed by atoms with Gasteiger partial charge in [0.15, 0.2) is 0 Å². The molecule has 156 valence electrons. The molecule has 0 radical (unpaired) electrons. The molecule has 0 spiro atoms. The van der Waals surface area contributed by atoms with Crippen molar-refractivity contribution in [3.05, 3.63) is 36.0 Å². The van der Waals surface area contributed by atoms with E-state index >= 15 is 0 Å². The number of likely N-dealkylation sites (N-methyl/N-ethyl adjacent to an activating group) is 1. The van der Waals surface area contributed by atoms with Crippen LogP contribution in [-0.4, -0.2) is 46.2 Å². The first-order valence-electron chi connectivity index (χ1n) is 10.8. The predicted molar refractivity (Wildman–Crippen MR) is 114 cm³/mol. The van der Waals surface area contributed by atoms with Crippen LogP contribution < -0.4 is 5.32 Å². The smallest absolute Gasteiger partial charge is 0.292 e. The number of rotatable bonds is 7. The fraction of sp³-hybridized carbons (Fsp3) is 0.522. The van der Waals surface area contributed by atoms with E-state index in [0.29, 0.717) is 24.0 Å². The molecule has 3 rings (SSSR count). The Morgan fingerprint density at radius 2 is 1.69 bits per heavy atom. The second-order valence-corrected chi connectivity index (χ2v) is 7.74. The maximum absolute atomic E-state index is 12.9. The number of benzene rings is 1. The zero-order chi connectivity index (χ0) is 20.8. The van der Waals surface area contributed by atoms with Crippen molar-refractivity contribution in [3.8, 4) is 0 Å². The molecule has 0 unspecified atom stereocenters. The summed E-state index contributed by atoms with van der Waals surface area (Å²) in [6, 6.07) is 7.51. The van der Waals surface area contributed by atoms with Gasteiger partial charge in [-0.25, -0.2) is 0 Å². The van der Waals surface area contributed by atoms with Gasteiger partial charge in [-0.1, -0.05) is 43.9 Å². The zero-order valence-electron chi connectivity index (χ0n) is 17.4. The van der Waals surface area contributed by atoms with Crippen LogP contribution in [0.15, 0.2) is 30.5 Å². The largest absolute Gasteiger partial charge is 0.346 e. The van der Waals surface area contributed by atoms with E-state index in [1.165, 1.54) is 12.8 Å². The summed E-state index contributed by atoms with van der Waals surface area (Å²) >= 11 is 0. The van der Waals surface area contributed by atoms with Crippen LogP contribution in [0.1, 0.15) is 62.7 Å². The third-order valence-electron chi connectivity index (χ3n) is 5.85. The van der Waals surface area contributed by atoms with E-state index in [9.17, 15) is 14.4 Å². The fourth-order valence-electron chi connectivity index (χ4n) is 4.18. The van der Waals surface area contributed by atoms with E-state index in [4.69, 9.17) is 0 Å². The van der Waals surface area contributed by atoms with E-state index in [1.54, 1.807) is 15.7 Å². The maximum atomic E-state index is 12.9. The highest BCUT2D eigenvalue weighted by Crippen LogP contribution is 2.23. The molecule has 29 heavy (non-hydrogen) atoms. The average molecular weight is 398 g/mol. The molecule has 1 aromatic carbocycles. The van der Waals surface area contributed by atoms with Crippen molar-refractivity contribution in [1.82, 2.24) is 14.8 Å². The second-order valence-electron chi connectivity index (χ2n) is 7.74. The first kappa shape index (κ1) is 21.1. The average Bonchev–Trinajstić information content (AvgIpc) is 2.89. The van der Waals surface area contributed by atoms with Crippen molar-refractivity contribution in [1.29, 1.82) is 0 Å². The Morgan fingerprint density at radius 3 is 2.34 bits per heavy atom. The minimum atomic E-state index is -0.546. The summed E-state index contributed by atoms with van der Waals surface area (Å²) in [4.78, 5) is 39.9. The molecule has 0 aliphatic heterocycles. The number of Topliss-reactive ketones (excluding diaryl/α,β-unsaturated/α-hetero) is 1. The minimum Gasteiger partial charge on any atom is -0.346 e. The number of amides is 2. The van der Waals surface area contributed by atoms with Crippen molar-refractivity contribution < 1.29 is 14.4 Å². The third kappa shape index (κ3) is 4.86. The molecule has 1 aliphatic carbocycles. The number of carbonyl (C=O) groups excluding carboxylic acids is 3. The number of aromatic nitrogens is 1. The molecule has 1 aliphatic rings. The van der Waals surface area contributed by atoms with Gasteiger partial charge in [-0.15, -0.1) is 0 Å². The van der Waals surface area contributed by atoms with Crippen LogP contribution in [-0.2, 0) is 16.1 Å². The van der Waals surface area contributed by atoms with E-state index in [0.717, 1.165) is 31.2 Å². The number of para-hydroxylation sites is 1. The summed E-state index contributed by atoms with van der Waals surface area (Å²) in [6.07, 6.45) is 8.07. The molecule has 0 saturated heterocycles. The molecule has 1 saturated carbocycles. The third-order valence-corrected chi connectivity index (χ3v) is 5.85. The van der Waals surface area contributed by atoms with Gasteiger partial charge < -0.3 is 14.8 Å². The van der Waals surface area contributed by atoms with Crippen molar-refractivity contribution >= 4 is 28.5 Å². The van der Waals surface area contributed by atoms with Gasteiger partial charge in [-0.2, -0.15) is 0 Å². The van der Waals surface area contributed by atoms with Gasteiger partial charge in [0.1, 0.15) is 6.54 Å². The monoisotopic (exact) mass is 397 g/mol. The highest BCUT2D eigenvalue weighted by molar-refractivity contribution is 6.45. The molecule has 1 fully saturated rings. The molecule has 1 heterocycles. The number of hydrogen-bond donors (Lipinski definition) is 1. The summed E-state index contributed by atoms with van der Waals surface area (Å²) < 4.78 is 1.78. The number of fused-ring (bicyclic) bond motifs is 1. The van der Waals surface area contributed by atoms with Crippen molar-refractivity contribution in [2.24, 2.45) is 0 Å². The van der Waals surface area contributed by atoms with Crippen LogP contribution in [0.2, 0.25) is 0 Å². The van der Waals surface area contributed by atoms with Gasteiger partial charge in [0.25, 0.3) is 11.7 Å². The SMILES string of the molecule is CCN(CC)C(=O)Cn1cc(C(=O)C(=O)NC2CCCCCC2)c2ccccc21. The van der Waals surface area contributed by atoms with Crippen LogP contribution in [0.3, 0.4) is 0 Å². The minimum absolute atomic E-state index is 0.00217. The molecule has 2 amide bonds. The van der Waals surface area contributed by atoms with Crippen molar-refractivity contribution in [2.45, 2.75) is 65.0 Å². The molecule has 0 atom stereocenters. The van der Waals surface area contributed by atoms with Crippen LogP contribution in [0, 0.1) is 0 Å². The first-order chi connectivity index (χ1) is 14.0. The molecule has 6 heteroatoms. The predicted octanol–water partition coefficient (Wildman–Crippen LogP) is 3.53. The topological polar surface area (TPSA) is 71.4 Å². The van der Waals surface area contributed by atoms with Crippen molar-refractivity contribution in [2.75, 3.05) is 13.1 Å². The Labute approximate surface area is 172 Å². The number of ketones is 1. The number of nitrogens with one attached hydrogen (secondary N) is 1. The van der Waals surface area contributed by atoms with Gasteiger partial charge in [-0.05, 0) is 32.8 Å². The lowest BCUT2D eigenvalue weighted by Gasteiger charge is -2.19. The quantitative estimate of drug-likeness (QED) is 0.441. The first-order valence-corrected chi connectivity index (χ1v) is 10.8. The lowest BCUT2D eigenvalue weighted by molar-refractivity contribution is -0.131. The molecule has 1 N–H and O–H groups in total. The molecule has 2 aromatic rings. The Bertz CT molecular complexity index is 875. The van der Waals surface area contributed by atoms with Crippen LogP contribution in [0.5, 0.6) is 0 Å². The van der Waals surface area contributed by atoms with Crippen LogP contribution in [0.4, 0.5) is 0 Å². The summed E-state index contributed by atoms with van der Waals surface area (Å²) in [5.74, 6) is -1.08. The molecule has 6 nitrogen and oxygen atoms in total. The molecule has 0 bridgehead atoms. The van der Waals surface area contributed by atoms with Crippen LogP contribution in [0.25, 0.3) is 10.9 Å². The van der Waals surface area contributed by atoms with Crippen molar-refractivity contribution in [3.63, 3.8) is 0 Å². The van der Waals surface area contributed by atoms with E-state index in [2.05, 4.69) is 5.32 Å². The Hall–Kier alpha value is -2.63. The van der Waals surface area contributed by atoms with Gasteiger partial charge in [0.2, 0.25) is 5.91 Å². The molecular weight excluding hydrogens is 366 g/mol. The number of carbonyl (C=O) groups is 3. The van der Waals surface area contributed by atoms with Gasteiger partial charge in [-0.3, -0.25) is 14.4 Å². The summed E-state index contributed by atoms with van der Waals surface area (Å²) in [5, 5.41) is 3.64. The zero-order valence-corrected chi connectivity index (χ0v) is 17.4. The number of hydrogen-bond acceptors (Lipinski definition) is 3. The Balaban J connectivity index is 1.82. The Kier molecular flexibility index (Phi) is 7.07. The lowest BCUT2D eigenvalue weighted by Crippen LogP contribution is -2.39. The summed E-state index contributed by atoms with van der Waals surface area (Å²) in [6.45, 7) is 5.33.